The van der Waals surface area contributed by atoms with Gasteiger partial charge in [-0.1, -0.05) is 24.6 Å². The number of ether oxygens (including phenoxy) is 1. The SMILES string of the molecule is c1ccc2c(c1)CC(CNC1CCN3CCCCC13)O2. The van der Waals surface area contributed by atoms with Crippen molar-refractivity contribution in [3.8, 4) is 5.75 Å². The van der Waals surface area contributed by atoms with Gasteiger partial charge < -0.3 is 10.1 Å². The molecule has 0 amide bonds. The highest BCUT2D eigenvalue weighted by atomic mass is 16.5. The zero-order valence-electron chi connectivity index (χ0n) is 12.1. The van der Waals surface area contributed by atoms with Crippen LogP contribution in [-0.2, 0) is 6.42 Å². The van der Waals surface area contributed by atoms with Crippen LogP contribution in [0.25, 0.3) is 0 Å². The number of hydrogen-bond acceptors (Lipinski definition) is 3. The van der Waals surface area contributed by atoms with Gasteiger partial charge in [0.2, 0.25) is 0 Å². The van der Waals surface area contributed by atoms with Crippen LogP contribution < -0.4 is 10.1 Å². The monoisotopic (exact) mass is 272 g/mol. The molecule has 108 valence electrons. The second-order valence-electron chi connectivity index (χ2n) is 6.45. The van der Waals surface area contributed by atoms with Crippen LogP contribution in [-0.4, -0.2) is 42.7 Å². The van der Waals surface area contributed by atoms with E-state index in [4.69, 9.17) is 4.74 Å². The van der Waals surface area contributed by atoms with Crippen molar-refractivity contribution >= 4 is 0 Å². The molecule has 3 nitrogen and oxygen atoms in total. The summed E-state index contributed by atoms with van der Waals surface area (Å²) in [4.78, 5) is 2.69. The molecule has 0 aromatic heterocycles. The fourth-order valence-corrected chi connectivity index (χ4v) is 4.14. The first-order chi connectivity index (χ1) is 9.90. The fourth-order valence-electron chi connectivity index (χ4n) is 4.14. The summed E-state index contributed by atoms with van der Waals surface area (Å²) < 4.78 is 6.03. The summed E-state index contributed by atoms with van der Waals surface area (Å²) in [5.41, 5.74) is 1.37. The van der Waals surface area contributed by atoms with Gasteiger partial charge in [-0.2, -0.15) is 0 Å². The molecule has 3 aliphatic heterocycles. The Morgan fingerprint density at radius 1 is 1.15 bits per heavy atom. The predicted molar refractivity (Wildman–Crippen MR) is 80.2 cm³/mol. The molecule has 2 saturated heterocycles. The van der Waals surface area contributed by atoms with Crippen molar-refractivity contribution in [1.29, 1.82) is 0 Å². The van der Waals surface area contributed by atoms with E-state index >= 15 is 0 Å². The lowest BCUT2D eigenvalue weighted by Crippen LogP contribution is -2.47. The third-order valence-corrected chi connectivity index (χ3v) is 5.18. The van der Waals surface area contributed by atoms with Crippen molar-refractivity contribution in [3.63, 3.8) is 0 Å². The maximum Gasteiger partial charge on any atom is 0.123 e. The first-order valence-electron chi connectivity index (χ1n) is 8.12. The highest BCUT2D eigenvalue weighted by Gasteiger charge is 2.35. The first-order valence-corrected chi connectivity index (χ1v) is 8.12. The zero-order valence-corrected chi connectivity index (χ0v) is 12.1. The van der Waals surface area contributed by atoms with Crippen LogP contribution >= 0.6 is 0 Å². The van der Waals surface area contributed by atoms with E-state index in [1.807, 2.05) is 0 Å². The summed E-state index contributed by atoms with van der Waals surface area (Å²) in [6.45, 7) is 3.59. The quantitative estimate of drug-likeness (QED) is 0.913. The summed E-state index contributed by atoms with van der Waals surface area (Å²) in [5, 5.41) is 3.79. The summed E-state index contributed by atoms with van der Waals surface area (Å²) in [6.07, 6.45) is 6.87. The fraction of sp³-hybridized carbons (Fsp3) is 0.647. The van der Waals surface area contributed by atoms with E-state index in [9.17, 15) is 0 Å². The minimum Gasteiger partial charge on any atom is -0.488 e. The Hall–Kier alpha value is -1.06. The number of piperidine rings is 1. The summed E-state index contributed by atoms with van der Waals surface area (Å²) in [7, 11) is 0. The molecular formula is C17H24N2O. The van der Waals surface area contributed by atoms with Crippen LogP contribution in [0.4, 0.5) is 0 Å². The minimum absolute atomic E-state index is 0.324. The van der Waals surface area contributed by atoms with Crippen molar-refractivity contribution in [2.24, 2.45) is 0 Å². The summed E-state index contributed by atoms with van der Waals surface area (Å²) in [6, 6.07) is 9.91. The Morgan fingerprint density at radius 3 is 3.05 bits per heavy atom. The van der Waals surface area contributed by atoms with E-state index in [1.165, 1.54) is 44.3 Å². The smallest absolute Gasteiger partial charge is 0.123 e. The van der Waals surface area contributed by atoms with Crippen molar-refractivity contribution in [2.45, 2.75) is 50.3 Å². The molecule has 0 radical (unpaired) electrons. The molecule has 1 aromatic carbocycles. The van der Waals surface area contributed by atoms with Crippen LogP contribution in [0, 0.1) is 0 Å². The van der Waals surface area contributed by atoms with Crippen molar-refractivity contribution < 1.29 is 4.74 Å². The van der Waals surface area contributed by atoms with Crippen molar-refractivity contribution in [1.82, 2.24) is 10.2 Å². The number of nitrogens with one attached hydrogen (secondary N) is 1. The molecule has 3 heterocycles. The largest absolute Gasteiger partial charge is 0.488 e. The zero-order chi connectivity index (χ0) is 13.4. The van der Waals surface area contributed by atoms with Gasteiger partial charge in [0, 0.05) is 31.6 Å². The second-order valence-corrected chi connectivity index (χ2v) is 6.45. The number of benzene rings is 1. The highest BCUT2D eigenvalue weighted by Crippen LogP contribution is 2.29. The molecule has 0 aliphatic carbocycles. The molecule has 20 heavy (non-hydrogen) atoms. The topological polar surface area (TPSA) is 24.5 Å². The molecule has 1 N–H and O–H groups in total. The molecule has 3 unspecified atom stereocenters. The second kappa shape index (κ2) is 5.38. The standard InChI is InChI=1S/C17H24N2O/c1-2-7-17-13(5-1)11-14(20-17)12-18-15-8-10-19-9-4-3-6-16(15)19/h1-2,5,7,14-16,18H,3-4,6,8-12H2. The third kappa shape index (κ3) is 2.33. The van der Waals surface area contributed by atoms with E-state index in [-0.39, 0.29) is 0 Å². The van der Waals surface area contributed by atoms with E-state index in [0.717, 1.165) is 24.8 Å². The first kappa shape index (κ1) is 12.7. The average Bonchev–Trinajstić information content (AvgIpc) is 3.08. The maximum atomic E-state index is 6.03. The summed E-state index contributed by atoms with van der Waals surface area (Å²) >= 11 is 0. The molecule has 0 spiro atoms. The molecule has 4 rings (SSSR count). The van der Waals surface area contributed by atoms with Gasteiger partial charge in [0.1, 0.15) is 11.9 Å². The lowest BCUT2D eigenvalue weighted by molar-refractivity contribution is 0.169. The lowest BCUT2D eigenvalue weighted by atomic mass is 9.99. The molecule has 3 heteroatoms. The number of nitrogens with zero attached hydrogens (tertiary/aromatic N) is 1. The molecule has 3 atom stereocenters. The number of hydrogen-bond donors (Lipinski definition) is 1. The normalized spacial score (nSPS) is 32.7. The number of fused-ring (bicyclic) bond motifs is 2. The number of para-hydroxylation sites is 1. The van der Waals surface area contributed by atoms with Crippen LogP contribution in [0.3, 0.4) is 0 Å². The van der Waals surface area contributed by atoms with Gasteiger partial charge in [-0.05, 0) is 37.4 Å². The Labute approximate surface area is 121 Å². The van der Waals surface area contributed by atoms with Crippen LogP contribution in [0.2, 0.25) is 0 Å². The lowest BCUT2D eigenvalue weighted by Gasteiger charge is -2.33. The Kier molecular flexibility index (Phi) is 3.41. The van der Waals surface area contributed by atoms with Gasteiger partial charge >= 0.3 is 0 Å². The van der Waals surface area contributed by atoms with Gasteiger partial charge in [0.05, 0.1) is 0 Å². The Morgan fingerprint density at radius 2 is 2.10 bits per heavy atom. The molecule has 0 saturated carbocycles. The molecular weight excluding hydrogens is 248 g/mol. The Bertz CT molecular complexity index is 451. The molecule has 1 aromatic rings. The van der Waals surface area contributed by atoms with Crippen LogP contribution in [0.5, 0.6) is 5.75 Å². The van der Waals surface area contributed by atoms with E-state index in [2.05, 4.69) is 34.5 Å². The van der Waals surface area contributed by atoms with E-state index in [0.29, 0.717) is 12.1 Å². The predicted octanol–water partition coefficient (Wildman–Crippen LogP) is 2.21. The molecule has 0 bridgehead atoms. The van der Waals surface area contributed by atoms with Gasteiger partial charge in [-0.15, -0.1) is 0 Å². The van der Waals surface area contributed by atoms with E-state index < -0.39 is 0 Å². The summed E-state index contributed by atoms with van der Waals surface area (Å²) in [5.74, 6) is 1.09. The van der Waals surface area contributed by atoms with Crippen LogP contribution in [0.15, 0.2) is 24.3 Å². The average molecular weight is 272 g/mol. The molecule has 3 aliphatic rings. The van der Waals surface area contributed by atoms with Gasteiger partial charge in [-0.25, -0.2) is 0 Å². The third-order valence-electron chi connectivity index (χ3n) is 5.18. The number of rotatable bonds is 3. The van der Waals surface area contributed by atoms with Crippen molar-refractivity contribution in [3.05, 3.63) is 29.8 Å². The maximum absolute atomic E-state index is 6.03. The minimum atomic E-state index is 0.324. The van der Waals surface area contributed by atoms with Crippen molar-refractivity contribution in [2.75, 3.05) is 19.6 Å². The van der Waals surface area contributed by atoms with Crippen LogP contribution in [0.1, 0.15) is 31.2 Å². The van der Waals surface area contributed by atoms with E-state index in [1.54, 1.807) is 0 Å². The van der Waals surface area contributed by atoms with Gasteiger partial charge in [0.15, 0.2) is 0 Å². The molecule has 2 fully saturated rings. The highest BCUT2D eigenvalue weighted by molar-refractivity contribution is 5.37. The van der Waals surface area contributed by atoms with Gasteiger partial charge in [-0.3, -0.25) is 4.90 Å². The Balaban J connectivity index is 1.31. The van der Waals surface area contributed by atoms with Gasteiger partial charge in [0.25, 0.3) is 0 Å².